The van der Waals surface area contributed by atoms with Gasteiger partial charge in [0.15, 0.2) is 0 Å². The van der Waals surface area contributed by atoms with Gasteiger partial charge >= 0.3 is 0 Å². The fraction of sp³-hybridized carbons (Fsp3) is 0.0769. The van der Waals surface area contributed by atoms with Crippen molar-refractivity contribution in [2.24, 2.45) is 5.10 Å². The third kappa shape index (κ3) is 5.74. The molecule has 0 spiro atoms. The molecule has 5 nitrogen and oxygen atoms in total. The van der Waals surface area contributed by atoms with Crippen LogP contribution in [0.25, 0.3) is 10.8 Å². The van der Waals surface area contributed by atoms with E-state index in [-0.39, 0.29) is 12.5 Å². The minimum atomic E-state index is -0.234. The molecule has 1 amide bonds. The predicted octanol–water partition coefficient (Wildman–Crippen LogP) is 5.74. The van der Waals surface area contributed by atoms with Crippen LogP contribution in [0.15, 0.2) is 101 Å². The van der Waals surface area contributed by atoms with Crippen molar-refractivity contribution < 1.29 is 9.53 Å². The molecular formula is C26H22BrN3O2. The Hall–Kier alpha value is -3.64. The minimum absolute atomic E-state index is 0.118. The summed E-state index contributed by atoms with van der Waals surface area (Å²) in [5.74, 6) is 0.463. The number of hydrogen-bond donors (Lipinski definition) is 2. The predicted molar refractivity (Wildman–Crippen MR) is 133 cm³/mol. The highest BCUT2D eigenvalue weighted by atomic mass is 79.9. The zero-order valence-electron chi connectivity index (χ0n) is 17.3. The van der Waals surface area contributed by atoms with Gasteiger partial charge in [-0.3, -0.25) is 4.79 Å². The maximum absolute atomic E-state index is 12.2. The van der Waals surface area contributed by atoms with Gasteiger partial charge in [-0.25, -0.2) is 5.43 Å². The Morgan fingerprint density at radius 3 is 2.53 bits per heavy atom. The van der Waals surface area contributed by atoms with Crippen LogP contribution in [-0.2, 0) is 11.4 Å². The average Bonchev–Trinajstić information content (AvgIpc) is 2.83. The van der Waals surface area contributed by atoms with Crippen molar-refractivity contribution in [3.05, 3.63) is 107 Å². The van der Waals surface area contributed by atoms with Gasteiger partial charge in [-0.05, 0) is 41.3 Å². The Bertz CT molecular complexity index is 1230. The minimum Gasteiger partial charge on any atom is -0.488 e. The molecule has 4 aromatic rings. The number of halogens is 1. The largest absolute Gasteiger partial charge is 0.488 e. The Kier molecular flexibility index (Phi) is 7.15. The molecule has 0 bridgehead atoms. The van der Waals surface area contributed by atoms with Gasteiger partial charge in [0, 0.05) is 21.1 Å². The third-order valence-electron chi connectivity index (χ3n) is 4.85. The van der Waals surface area contributed by atoms with Crippen molar-refractivity contribution >= 4 is 44.5 Å². The molecular weight excluding hydrogens is 466 g/mol. The lowest BCUT2D eigenvalue weighted by Crippen LogP contribution is -2.25. The van der Waals surface area contributed by atoms with Gasteiger partial charge in [0.1, 0.15) is 12.4 Å². The molecule has 4 aromatic carbocycles. The highest BCUT2D eigenvalue weighted by molar-refractivity contribution is 9.10. The highest BCUT2D eigenvalue weighted by Crippen LogP contribution is 2.22. The van der Waals surface area contributed by atoms with Crippen LogP contribution in [0.4, 0.5) is 5.69 Å². The quantitative estimate of drug-likeness (QED) is 0.246. The average molecular weight is 488 g/mol. The van der Waals surface area contributed by atoms with E-state index in [1.165, 1.54) is 0 Å². The first kappa shape index (κ1) is 21.6. The molecule has 0 aliphatic heterocycles. The summed E-state index contributed by atoms with van der Waals surface area (Å²) in [4.78, 5) is 12.2. The summed E-state index contributed by atoms with van der Waals surface area (Å²) in [5.41, 5.74) is 5.32. The van der Waals surface area contributed by atoms with E-state index in [0.717, 1.165) is 32.1 Å². The monoisotopic (exact) mass is 487 g/mol. The molecule has 2 N–H and O–H groups in total. The number of nitrogens with zero attached hydrogens (tertiary/aromatic N) is 1. The number of rotatable bonds is 8. The van der Waals surface area contributed by atoms with Crippen molar-refractivity contribution in [2.75, 3.05) is 11.9 Å². The second-order valence-electron chi connectivity index (χ2n) is 7.13. The van der Waals surface area contributed by atoms with Gasteiger partial charge in [-0.15, -0.1) is 0 Å². The molecule has 0 radical (unpaired) electrons. The lowest BCUT2D eigenvalue weighted by Gasteiger charge is -2.10. The molecule has 0 unspecified atom stereocenters. The number of benzene rings is 4. The number of nitrogens with one attached hydrogen (secondary N) is 2. The van der Waals surface area contributed by atoms with Crippen molar-refractivity contribution in [1.29, 1.82) is 0 Å². The van der Waals surface area contributed by atoms with Gasteiger partial charge in [-0.2, -0.15) is 5.10 Å². The summed E-state index contributed by atoms with van der Waals surface area (Å²) in [5, 5.41) is 9.46. The SMILES string of the molecule is O=C(CNc1cccc2ccccc12)N/N=C/c1ccccc1OCc1ccc(Br)cc1. The fourth-order valence-corrected chi connectivity index (χ4v) is 3.49. The van der Waals surface area contributed by atoms with Crippen LogP contribution in [-0.4, -0.2) is 18.7 Å². The summed E-state index contributed by atoms with van der Waals surface area (Å²) in [6.45, 7) is 0.562. The molecule has 32 heavy (non-hydrogen) atoms. The molecule has 4 rings (SSSR count). The zero-order valence-corrected chi connectivity index (χ0v) is 18.9. The number of carbonyl (C=O) groups is 1. The molecule has 0 aromatic heterocycles. The van der Waals surface area contributed by atoms with Crippen molar-refractivity contribution in [2.45, 2.75) is 6.61 Å². The van der Waals surface area contributed by atoms with E-state index in [2.05, 4.69) is 31.8 Å². The van der Waals surface area contributed by atoms with E-state index >= 15 is 0 Å². The number of hydrogen-bond acceptors (Lipinski definition) is 4. The second-order valence-corrected chi connectivity index (χ2v) is 8.04. The number of fused-ring (bicyclic) bond motifs is 1. The van der Waals surface area contributed by atoms with Crippen LogP contribution in [0.2, 0.25) is 0 Å². The maximum atomic E-state index is 12.2. The number of amides is 1. The number of hydrazone groups is 1. The van der Waals surface area contributed by atoms with Crippen molar-refractivity contribution in [3.63, 3.8) is 0 Å². The van der Waals surface area contributed by atoms with Crippen LogP contribution in [0.1, 0.15) is 11.1 Å². The Morgan fingerprint density at radius 1 is 0.906 bits per heavy atom. The summed E-state index contributed by atoms with van der Waals surface area (Å²) >= 11 is 3.43. The Labute approximate surface area is 195 Å². The van der Waals surface area contributed by atoms with Gasteiger partial charge in [0.25, 0.3) is 5.91 Å². The molecule has 0 saturated carbocycles. The lowest BCUT2D eigenvalue weighted by atomic mass is 10.1. The van der Waals surface area contributed by atoms with Crippen LogP contribution < -0.4 is 15.5 Å². The normalized spacial score (nSPS) is 10.9. The molecule has 0 atom stereocenters. The summed E-state index contributed by atoms with van der Waals surface area (Å²) in [7, 11) is 0. The maximum Gasteiger partial charge on any atom is 0.259 e. The highest BCUT2D eigenvalue weighted by Gasteiger charge is 2.04. The van der Waals surface area contributed by atoms with E-state index in [0.29, 0.717) is 12.4 Å². The number of ether oxygens (including phenoxy) is 1. The van der Waals surface area contributed by atoms with Crippen molar-refractivity contribution in [3.8, 4) is 5.75 Å². The van der Waals surface area contributed by atoms with E-state index in [1.54, 1.807) is 6.21 Å². The number of anilines is 1. The summed E-state index contributed by atoms with van der Waals surface area (Å²) in [6.07, 6.45) is 1.59. The summed E-state index contributed by atoms with van der Waals surface area (Å²) in [6, 6.07) is 29.5. The van der Waals surface area contributed by atoms with E-state index in [9.17, 15) is 4.79 Å². The lowest BCUT2D eigenvalue weighted by molar-refractivity contribution is -0.119. The summed E-state index contributed by atoms with van der Waals surface area (Å²) < 4.78 is 6.96. The first-order valence-electron chi connectivity index (χ1n) is 10.2. The van der Waals surface area contributed by atoms with E-state index < -0.39 is 0 Å². The smallest absolute Gasteiger partial charge is 0.259 e. The first-order chi connectivity index (χ1) is 15.7. The van der Waals surface area contributed by atoms with E-state index in [4.69, 9.17) is 4.74 Å². The van der Waals surface area contributed by atoms with Crippen molar-refractivity contribution in [1.82, 2.24) is 5.43 Å². The van der Waals surface area contributed by atoms with E-state index in [1.807, 2.05) is 91.0 Å². The zero-order chi connectivity index (χ0) is 22.2. The molecule has 0 heterocycles. The standard InChI is InChI=1S/C26H22BrN3O2/c27-22-14-12-19(13-15-22)18-32-25-11-4-2-7-21(25)16-29-30-26(31)17-28-24-10-5-8-20-6-1-3-9-23(20)24/h1-16,28H,17-18H2,(H,30,31)/b29-16+. The molecule has 6 heteroatoms. The Balaban J connectivity index is 1.32. The Morgan fingerprint density at radius 2 is 1.66 bits per heavy atom. The van der Waals surface area contributed by atoms with Crippen LogP contribution in [0, 0.1) is 0 Å². The van der Waals surface area contributed by atoms with Crippen LogP contribution in [0.3, 0.4) is 0 Å². The van der Waals surface area contributed by atoms with Crippen LogP contribution >= 0.6 is 15.9 Å². The van der Waals surface area contributed by atoms with Gasteiger partial charge in [0.2, 0.25) is 0 Å². The second kappa shape index (κ2) is 10.6. The first-order valence-corrected chi connectivity index (χ1v) is 11.0. The molecule has 160 valence electrons. The number of carbonyl (C=O) groups excluding carboxylic acids is 1. The van der Waals surface area contributed by atoms with Gasteiger partial charge in [0.05, 0.1) is 12.8 Å². The molecule has 0 aliphatic carbocycles. The third-order valence-corrected chi connectivity index (χ3v) is 5.38. The molecule has 0 fully saturated rings. The van der Waals surface area contributed by atoms with Gasteiger partial charge in [-0.1, -0.05) is 76.6 Å². The van der Waals surface area contributed by atoms with Crippen LogP contribution in [0.5, 0.6) is 5.75 Å². The molecule has 0 aliphatic rings. The van der Waals surface area contributed by atoms with Gasteiger partial charge < -0.3 is 10.1 Å². The molecule has 0 saturated heterocycles. The number of para-hydroxylation sites is 1. The fourth-order valence-electron chi connectivity index (χ4n) is 3.23. The topological polar surface area (TPSA) is 62.7 Å².